The molecule has 1 aliphatic heterocycles. The highest BCUT2D eigenvalue weighted by atomic mass is 19.4. The Balaban J connectivity index is 2.51. The summed E-state index contributed by atoms with van der Waals surface area (Å²) >= 11 is 0. The van der Waals surface area contributed by atoms with Crippen molar-refractivity contribution < 1.29 is 18.0 Å². The first-order valence-corrected chi connectivity index (χ1v) is 5.33. The molecule has 3 N–H and O–H groups in total. The van der Waals surface area contributed by atoms with Gasteiger partial charge in [0.05, 0.1) is 12.1 Å². The van der Waals surface area contributed by atoms with Crippen molar-refractivity contribution in [1.82, 2.24) is 15.3 Å². The maximum atomic E-state index is 12.9. The number of amides is 1. The first-order valence-electron chi connectivity index (χ1n) is 5.33. The molecular formula is C10H11F3N4O. The second kappa shape index (κ2) is 4.52. The second-order valence-corrected chi connectivity index (χ2v) is 3.98. The van der Waals surface area contributed by atoms with Crippen LogP contribution in [0.5, 0.6) is 0 Å². The van der Waals surface area contributed by atoms with Crippen molar-refractivity contribution in [2.24, 2.45) is 5.73 Å². The Kier molecular flexibility index (Phi) is 3.20. The Morgan fingerprint density at radius 1 is 1.39 bits per heavy atom. The van der Waals surface area contributed by atoms with Crippen LogP contribution in [-0.2, 0) is 30.4 Å². The average molecular weight is 260 g/mol. The average Bonchev–Trinajstić information content (AvgIpc) is 2.25. The fourth-order valence-electron chi connectivity index (χ4n) is 1.86. The quantitative estimate of drug-likeness (QED) is 0.794. The van der Waals surface area contributed by atoms with Gasteiger partial charge in [0.25, 0.3) is 0 Å². The number of fused-ring (bicyclic) bond motifs is 1. The number of carbonyl (C=O) groups is 1. The minimum atomic E-state index is -4.56. The molecule has 18 heavy (non-hydrogen) atoms. The molecular weight excluding hydrogens is 249 g/mol. The van der Waals surface area contributed by atoms with Gasteiger partial charge in [0.1, 0.15) is 5.82 Å². The highest BCUT2D eigenvalue weighted by molar-refractivity contribution is 5.75. The number of nitrogens with one attached hydrogen (secondary N) is 1. The lowest BCUT2D eigenvalue weighted by molar-refractivity contribution is -0.142. The number of hydrogen-bond acceptors (Lipinski definition) is 4. The molecule has 0 bridgehead atoms. The summed E-state index contributed by atoms with van der Waals surface area (Å²) < 4.78 is 38.6. The van der Waals surface area contributed by atoms with Gasteiger partial charge in [-0.15, -0.1) is 0 Å². The number of primary amides is 1. The van der Waals surface area contributed by atoms with Crippen LogP contribution in [-0.4, -0.2) is 22.4 Å². The summed E-state index contributed by atoms with van der Waals surface area (Å²) in [4.78, 5) is 18.1. The Bertz CT molecular complexity index is 487. The predicted molar refractivity (Wildman–Crippen MR) is 55.3 cm³/mol. The number of rotatable bonds is 2. The van der Waals surface area contributed by atoms with E-state index in [2.05, 4.69) is 15.3 Å². The fraction of sp³-hybridized carbons (Fsp3) is 0.500. The molecule has 1 aromatic rings. The first-order chi connectivity index (χ1) is 8.38. The van der Waals surface area contributed by atoms with E-state index in [1.807, 2.05) is 0 Å². The van der Waals surface area contributed by atoms with Gasteiger partial charge in [-0.3, -0.25) is 4.79 Å². The molecule has 0 aromatic carbocycles. The van der Waals surface area contributed by atoms with Gasteiger partial charge >= 0.3 is 6.18 Å². The minimum Gasteiger partial charge on any atom is -0.369 e. The van der Waals surface area contributed by atoms with E-state index in [1.54, 1.807) is 0 Å². The third kappa shape index (κ3) is 2.58. The van der Waals surface area contributed by atoms with Gasteiger partial charge in [-0.2, -0.15) is 13.2 Å². The zero-order valence-electron chi connectivity index (χ0n) is 9.34. The molecule has 2 heterocycles. The lowest BCUT2D eigenvalue weighted by atomic mass is 10.0. The van der Waals surface area contributed by atoms with Crippen LogP contribution in [0.3, 0.4) is 0 Å². The summed E-state index contributed by atoms with van der Waals surface area (Å²) in [6, 6.07) is 0. The van der Waals surface area contributed by atoms with Crippen LogP contribution in [0, 0.1) is 0 Å². The van der Waals surface area contributed by atoms with E-state index in [1.165, 1.54) is 0 Å². The number of alkyl halides is 3. The Morgan fingerprint density at radius 2 is 2.11 bits per heavy atom. The van der Waals surface area contributed by atoms with E-state index in [-0.39, 0.29) is 24.4 Å². The predicted octanol–water partition coefficient (Wildman–Crippen LogP) is 0.169. The van der Waals surface area contributed by atoms with Gasteiger partial charge in [-0.05, 0) is 0 Å². The molecule has 8 heteroatoms. The smallest absolute Gasteiger partial charge is 0.369 e. The van der Waals surface area contributed by atoms with Gasteiger partial charge in [0.15, 0.2) is 5.69 Å². The Morgan fingerprint density at radius 3 is 2.72 bits per heavy atom. The van der Waals surface area contributed by atoms with Crippen molar-refractivity contribution in [2.75, 3.05) is 6.54 Å². The van der Waals surface area contributed by atoms with Crippen molar-refractivity contribution in [3.63, 3.8) is 0 Å². The monoisotopic (exact) mass is 260 g/mol. The highest BCUT2D eigenvalue weighted by Gasteiger charge is 2.37. The van der Waals surface area contributed by atoms with Crippen molar-refractivity contribution in [2.45, 2.75) is 25.6 Å². The van der Waals surface area contributed by atoms with E-state index in [9.17, 15) is 18.0 Å². The van der Waals surface area contributed by atoms with E-state index in [4.69, 9.17) is 5.73 Å². The highest BCUT2D eigenvalue weighted by Crippen LogP contribution is 2.32. The molecule has 1 aliphatic rings. The third-order valence-corrected chi connectivity index (χ3v) is 2.58. The van der Waals surface area contributed by atoms with Crippen LogP contribution in [0.4, 0.5) is 13.2 Å². The Labute approximate surface area is 101 Å². The van der Waals surface area contributed by atoms with Crippen LogP contribution in [0.25, 0.3) is 0 Å². The van der Waals surface area contributed by atoms with E-state index in [0.29, 0.717) is 18.7 Å². The van der Waals surface area contributed by atoms with Crippen molar-refractivity contribution in [3.8, 4) is 0 Å². The summed E-state index contributed by atoms with van der Waals surface area (Å²) in [5.74, 6) is -0.924. The van der Waals surface area contributed by atoms with Crippen molar-refractivity contribution in [1.29, 1.82) is 0 Å². The standard InChI is InChI=1S/C10H11F3N4O/c11-10(12,13)9-5-4-15-2-1-6(5)16-8(17-9)3-7(14)18/h15H,1-4H2,(H2,14,18). The lowest BCUT2D eigenvalue weighted by Crippen LogP contribution is -2.30. The van der Waals surface area contributed by atoms with Gasteiger partial charge in [-0.25, -0.2) is 9.97 Å². The maximum Gasteiger partial charge on any atom is 0.433 e. The van der Waals surface area contributed by atoms with Crippen molar-refractivity contribution in [3.05, 3.63) is 22.8 Å². The summed E-state index contributed by atoms with van der Waals surface area (Å²) in [6.45, 7) is 0.637. The van der Waals surface area contributed by atoms with Gasteiger partial charge in [0, 0.05) is 25.1 Å². The number of hydrogen-bond donors (Lipinski definition) is 2. The molecule has 0 atom stereocenters. The molecule has 1 aromatic heterocycles. The summed E-state index contributed by atoms with van der Waals surface area (Å²) in [6.07, 6.45) is -4.56. The Hall–Kier alpha value is -1.70. The maximum absolute atomic E-state index is 12.9. The normalized spacial score (nSPS) is 15.3. The SMILES string of the molecule is NC(=O)Cc1nc2c(c(C(F)(F)F)n1)CNCC2. The molecule has 5 nitrogen and oxygen atoms in total. The van der Waals surface area contributed by atoms with E-state index >= 15 is 0 Å². The van der Waals surface area contributed by atoms with Crippen molar-refractivity contribution >= 4 is 5.91 Å². The van der Waals surface area contributed by atoms with E-state index in [0.717, 1.165) is 0 Å². The summed E-state index contributed by atoms with van der Waals surface area (Å²) in [5, 5.41) is 2.84. The van der Waals surface area contributed by atoms with Gasteiger partial charge in [-0.1, -0.05) is 0 Å². The van der Waals surface area contributed by atoms with Crippen LogP contribution in [0.2, 0.25) is 0 Å². The zero-order chi connectivity index (χ0) is 13.3. The van der Waals surface area contributed by atoms with Crippen LogP contribution in [0.15, 0.2) is 0 Å². The second-order valence-electron chi connectivity index (χ2n) is 3.98. The molecule has 1 amide bonds. The fourth-order valence-corrected chi connectivity index (χ4v) is 1.86. The molecule has 0 aliphatic carbocycles. The molecule has 0 fully saturated rings. The van der Waals surface area contributed by atoms with Gasteiger partial charge in [0.2, 0.25) is 5.91 Å². The molecule has 0 saturated heterocycles. The number of aromatic nitrogens is 2. The first kappa shape index (κ1) is 12.7. The molecule has 2 rings (SSSR count). The largest absolute Gasteiger partial charge is 0.433 e. The van der Waals surface area contributed by atoms with Gasteiger partial charge < -0.3 is 11.1 Å². The third-order valence-electron chi connectivity index (χ3n) is 2.58. The molecule has 0 spiro atoms. The molecule has 0 radical (unpaired) electrons. The topological polar surface area (TPSA) is 80.9 Å². The number of nitrogens with two attached hydrogens (primary N) is 1. The minimum absolute atomic E-state index is 0.0574. The molecule has 0 saturated carbocycles. The summed E-state index contributed by atoms with van der Waals surface area (Å²) in [5.41, 5.74) is 4.37. The van der Waals surface area contributed by atoms with Crippen LogP contribution < -0.4 is 11.1 Å². The zero-order valence-corrected chi connectivity index (χ0v) is 9.34. The van der Waals surface area contributed by atoms with E-state index < -0.39 is 17.8 Å². The lowest BCUT2D eigenvalue weighted by Gasteiger charge is -2.20. The number of nitrogens with zero attached hydrogens (tertiary/aromatic N) is 2. The molecule has 0 unspecified atom stereocenters. The number of halogens is 3. The number of carbonyl (C=O) groups excluding carboxylic acids is 1. The molecule has 98 valence electrons. The van der Waals surface area contributed by atoms with Crippen LogP contribution >= 0.6 is 0 Å². The van der Waals surface area contributed by atoms with Crippen LogP contribution in [0.1, 0.15) is 22.8 Å². The summed E-state index contributed by atoms with van der Waals surface area (Å²) in [7, 11) is 0.